The zero-order valence-electron chi connectivity index (χ0n) is 16.3. The molecule has 0 aliphatic rings. The average Bonchev–Trinajstić information content (AvgIpc) is 2.95. The summed E-state index contributed by atoms with van der Waals surface area (Å²) in [4.78, 5) is 15.1. The fraction of sp³-hybridized carbons (Fsp3) is 0.333. The molecular weight excluding hydrogens is 440 g/mol. The van der Waals surface area contributed by atoms with Gasteiger partial charge in [0.2, 0.25) is 0 Å². The monoisotopic (exact) mass is 465 g/mol. The molecular formula is C21H27BrClN4O+. The van der Waals surface area contributed by atoms with E-state index in [1.807, 2.05) is 22.8 Å². The number of aromatic nitrogens is 2. The molecule has 7 heteroatoms. The molecule has 0 aliphatic heterocycles. The first-order valence-electron chi connectivity index (χ1n) is 9.32. The van der Waals surface area contributed by atoms with E-state index in [0.29, 0.717) is 16.5 Å². The van der Waals surface area contributed by atoms with Crippen LogP contribution in [0.2, 0.25) is 5.02 Å². The third-order valence-electron chi connectivity index (χ3n) is 5.02. The Morgan fingerprint density at radius 3 is 2.39 bits per heavy atom. The topological polar surface area (TPSA) is 55.1 Å². The standard InChI is InChI=1S/C21H25ClN4O.BrH/c1-3-24(4-2)13-14-25-18-7-5-6-8-19(18)26(21(25)23)15-20(27)16-9-11-17(22)12-10-16;/h5-12,23H,3-4,13-15H2,1-2H3;1H/p+1. The van der Waals surface area contributed by atoms with Crippen LogP contribution in [0.1, 0.15) is 24.2 Å². The number of halogens is 2. The number of likely N-dealkylation sites (N-methyl/N-ethyl adjacent to an activating group) is 1. The molecule has 0 spiro atoms. The Kier molecular flexibility index (Phi) is 8.04. The lowest BCUT2D eigenvalue weighted by Crippen LogP contribution is -2.40. The van der Waals surface area contributed by atoms with E-state index in [0.717, 1.165) is 37.2 Å². The molecule has 2 aromatic carbocycles. The number of anilines is 1. The van der Waals surface area contributed by atoms with Crippen molar-refractivity contribution in [3.63, 3.8) is 0 Å². The molecule has 5 nitrogen and oxygen atoms in total. The maximum atomic E-state index is 12.8. The first kappa shape index (κ1) is 22.4. The SMILES string of the molecule is Br.CCN(CC)CCn1c(N)[n+](CC(=O)c2ccc(Cl)cc2)c2ccccc21. The van der Waals surface area contributed by atoms with Crippen molar-refractivity contribution in [2.24, 2.45) is 0 Å². The number of para-hydroxylation sites is 2. The van der Waals surface area contributed by atoms with Gasteiger partial charge in [0, 0.05) is 17.1 Å². The van der Waals surface area contributed by atoms with Crippen LogP contribution in [0.25, 0.3) is 11.0 Å². The van der Waals surface area contributed by atoms with Gasteiger partial charge in [0.15, 0.2) is 5.78 Å². The summed E-state index contributed by atoms with van der Waals surface area (Å²) in [6.07, 6.45) is 0. The number of carbonyl (C=O) groups is 1. The normalized spacial score (nSPS) is 11.0. The van der Waals surface area contributed by atoms with Gasteiger partial charge >= 0.3 is 5.95 Å². The number of rotatable bonds is 8. The molecule has 0 unspecified atom stereocenters. The van der Waals surface area contributed by atoms with Crippen LogP contribution < -0.4 is 10.3 Å². The fourth-order valence-electron chi connectivity index (χ4n) is 3.37. The highest BCUT2D eigenvalue weighted by molar-refractivity contribution is 8.93. The second-order valence-electron chi connectivity index (χ2n) is 6.54. The minimum atomic E-state index is 0. The molecule has 150 valence electrons. The molecule has 1 aromatic heterocycles. The van der Waals surface area contributed by atoms with Gasteiger partial charge in [0.25, 0.3) is 0 Å². The van der Waals surface area contributed by atoms with Crippen LogP contribution in [0.5, 0.6) is 0 Å². The van der Waals surface area contributed by atoms with Gasteiger partial charge in [-0.3, -0.25) is 10.5 Å². The molecule has 3 rings (SSSR count). The van der Waals surface area contributed by atoms with E-state index in [9.17, 15) is 4.79 Å². The highest BCUT2D eigenvalue weighted by Crippen LogP contribution is 2.17. The van der Waals surface area contributed by atoms with Gasteiger partial charge in [-0.1, -0.05) is 37.6 Å². The van der Waals surface area contributed by atoms with Crippen LogP contribution in [0.15, 0.2) is 48.5 Å². The van der Waals surface area contributed by atoms with Gasteiger partial charge in [-0.25, -0.2) is 9.13 Å². The van der Waals surface area contributed by atoms with Crippen LogP contribution in [0, 0.1) is 0 Å². The van der Waals surface area contributed by atoms with Crippen molar-refractivity contribution in [1.82, 2.24) is 9.47 Å². The van der Waals surface area contributed by atoms with Crippen molar-refractivity contribution in [3.05, 3.63) is 59.1 Å². The number of carbonyl (C=O) groups excluding carboxylic acids is 1. The van der Waals surface area contributed by atoms with Crippen LogP contribution in [-0.4, -0.2) is 34.9 Å². The molecule has 0 amide bonds. The summed E-state index contributed by atoms with van der Waals surface area (Å²) < 4.78 is 4.00. The summed E-state index contributed by atoms with van der Waals surface area (Å²) in [5.41, 5.74) is 9.12. The van der Waals surface area contributed by atoms with Crippen molar-refractivity contribution in [3.8, 4) is 0 Å². The van der Waals surface area contributed by atoms with Crippen LogP contribution in [0.3, 0.4) is 0 Å². The zero-order chi connectivity index (χ0) is 19.4. The second kappa shape index (κ2) is 10.0. The third kappa shape index (κ3) is 4.74. The number of Topliss-reactive ketones (excluding diaryl/α,β-unsaturated/α-hetero) is 1. The molecule has 28 heavy (non-hydrogen) atoms. The number of nitrogens with two attached hydrogens (primary N) is 1. The molecule has 1 heterocycles. The van der Waals surface area contributed by atoms with E-state index in [4.69, 9.17) is 17.3 Å². The third-order valence-corrected chi connectivity index (χ3v) is 5.27. The lowest BCUT2D eigenvalue weighted by molar-refractivity contribution is -0.642. The summed E-state index contributed by atoms with van der Waals surface area (Å²) >= 11 is 5.92. The summed E-state index contributed by atoms with van der Waals surface area (Å²) in [7, 11) is 0. The predicted molar refractivity (Wildman–Crippen MR) is 120 cm³/mol. The number of hydrogen-bond acceptors (Lipinski definition) is 3. The Bertz CT molecular complexity index is 935. The van der Waals surface area contributed by atoms with E-state index in [2.05, 4.69) is 29.4 Å². The van der Waals surface area contributed by atoms with Gasteiger partial charge < -0.3 is 4.90 Å². The van der Waals surface area contributed by atoms with E-state index in [1.165, 1.54) is 0 Å². The van der Waals surface area contributed by atoms with E-state index in [1.54, 1.807) is 24.3 Å². The van der Waals surface area contributed by atoms with Crippen molar-refractivity contribution in [1.29, 1.82) is 0 Å². The van der Waals surface area contributed by atoms with Crippen molar-refractivity contribution in [2.75, 3.05) is 25.4 Å². The smallest absolute Gasteiger partial charge is 0.301 e. The molecule has 0 fully saturated rings. The van der Waals surface area contributed by atoms with Crippen molar-refractivity contribution < 1.29 is 9.36 Å². The maximum Gasteiger partial charge on any atom is 0.356 e. The maximum absolute atomic E-state index is 12.8. The Morgan fingerprint density at radius 1 is 1.11 bits per heavy atom. The quantitative estimate of drug-likeness (QED) is 0.404. The van der Waals surface area contributed by atoms with Gasteiger partial charge in [-0.05, 0) is 49.5 Å². The lowest BCUT2D eigenvalue weighted by Gasteiger charge is -2.17. The minimum Gasteiger partial charge on any atom is -0.301 e. The number of nitrogens with zero attached hydrogens (tertiary/aromatic N) is 3. The summed E-state index contributed by atoms with van der Waals surface area (Å²) in [5, 5.41) is 0.617. The highest BCUT2D eigenvalue weighted by atomic mass is 79.9. The number of hydrogen-bond donors (Lipinski definition) is 1. The van der Waals surface area contributed by atoms with Gasteiger partial charge in [0.05, 0.1) is 6.54 Å². The number of imidazole rings is 1. The molecule has 0 bridgehead atoms. The Hall–Kier alpha value is -1.89. The summed E-state index contributed by atoms with van der Waals surface area (Å²) in [6, 6.07) is 15.0. The lowest BCUT2D eigenvalue weighted by atomic mass is 10.1. The van der Waals surface area contributed by atoms with Gasteiger partial charge in [0.1, 0.15) is 17.6 Å². The van der Waals surface area contributed by atoms with Gasteiger partial charge in [-0.15, -0.1) is 17.0 Å². The molecule has 0 saturated carbocycles. The zero-order valence-corrected chi connectivity index (χ0v) is 18.7. The number of benzene rings is 2. The van der Waals surface area contributed by atoms with E-state index in [-0.39, 0.29) is 29.3 Å². The number of ketones is 1. The van der Waals surface area contributed by atoms with Gasteiger partial charge in [-0.2, -0.15) is 0 Å². The second-order valence-corrected chi connectivity index (χ2v) is 6.98. The average molecular weight is 467 g/mol. The highest BCUT2D eigenvalue weighted by Gasteiger charge is 2.23. The number of fused-ring (bicyclic) bond motifs is 1. The van der Waals surface area contributed by atoms with E-state index >= 15 is 0 Å². The van der Waals surface area contributed by atoms with Crippen LogP contribution in [-0.2, 0) is 13.1 Å². The predicted octanol–water partition coefficient (Wildman–Crippen LogP) is 3.97. The first-order chi connectivity index (χ1) is 13.0. The molecule has 0 saturated heterocycles. The van der Waals surface area contributed by atoms with Crippen molar-refractivity contribution >= 4 is 51.3 Å². The molecule has 0 aliphatic carbocycles. The first-order valence-corrected chi connectivity index (χ1v) is 9.70. The largest absolute Gasteiger partial charge is 0.356 e. The molecule has 3 aromatic rings. The molecule has 0 atom stereocenters. The Labute approximate surface area is 181 Å². The molecule has 2 N–H and O–H groups in total. The fourth-order valence-corrected chi connectivity index (χ4v) is 3.49. The van der Waals surface area contributed by atoms with Crippen LogP contribution >= 0.6 is 28.6 Å². The Balaban J connectivity index is 0.00000280. The molecule has 0 radical (unpaired) electrons. The summed E-state index contributed by atoms with van der Waals surface area (Å²) in [6.45, 7) is 8.23. The van der Waals surface area contributed by atoms with Crippen LogP contribution in [0.4, 0.5) is 5.95 Å². The Morgan fingerprint density at radius 2 is 1.75 bits per heavy atom. The van der Waals surface area contributed by atoms with Crippen molar-refractivity contribution in [2.45, 2.75) is 26.9 Å². The summed E-state index contributed by atoms with van der Waals surface area (Å²) in [5.74, 6) is 0.612. The number of nitrogen functional groups attached to an aromatic ring is 1. The van der Waals surface area contributed by atoms with E-state index < -0.39 is 0 Å². The minimum absolute atomic E-state index is 0.